The van der Waals surface area contributed by atoms with E-state index in [-0.39, 0.29) is 29.1 Å². The smallest absolute Gasteiger partial charge is 0.252 e. The van der Waals surface area contributed by atoms with Gasteiger partial charge in [-0.1, -0.05) is 6.07 Å². The maximum Gasteiger partial charge on any atom is 0.252 e. The van der Waals surface area contributed by atoms with Gasteiger partial charge in [-0.05, 0) is 49.1 Å². The zero-order valence-corrected chi connectivity index (χ0v) is 14.4. The number of hydrogen-bond donors (Lipinski definition) is 3. The normalized spacial score (nSPS) is 20.1. The number of benzene rings is 1. The van der Waals surface area contributed by atoms with Gasteiger partial charge in [0.15, 0.2) is 0 Å². The predicted octanol–water partition coefficient (Wildman–Crippen LogP) is 2.30. The number of halogens is 1. The van der Waals surface area contributed by atoms with Crippen molar-refractivity contribution >= 4 is 16.8 Å². The number of aliphatic hydroxyl groups is 1. The van der Waals surface area contributed by atoms with E-state index in [2.05, 4.69) is 15.3 Å². The lowest BCUT2D eigenvalue weighted by atomic mass is 9.76. The number of rotatable bonds is 4. The molecule has 1 unspecified atom stereocenters. The van der Waals surface area contributed by atoms with Gasteiger partial charge in [-0.2, -0.15) is 0 Å². The molecule has 6 nitrogen and oxygen atoms in total. The van der Waals surface area contributed by atoms with Crippen LogP contribution in [0.15, 0.2) is 53.5 Å². The van der Waals surface area contributed by atoms with Crippen LogP contribution < -0.4 is 10.9 Å². The van der Waals surface area contributed by atoms with Crippen LogP contribution in [0.3, 0.4) is 0 Å². The maximum atomic E-state index is 13.5. The maximum absolute atomic E-state index is 13.5. The SMILES string of the molecule is O=C(NC(c1ccccn1)C1CC(O)C1)c1cc(=O)[nH]c2cc(F)ccc12. The number of fused-ring (bicyclic) bond motifs is 1. The molecule has 1 saturated carbocycles. The Hall–Kier alpha value is -3.06. The third-order valence-corrected chi connectivity index (χ3v) is 4.96. The number of amides is 1. The lowest BCUT2D eigenvalue weighted by Crippen LogP contribution is -2.42. The zero-order valence-electron chi connectivity index (χ0n) is 14.4. The summed E-state index contributed by atoms with van der Waals surface area (Å²) in [4.78, 5) is 31.7. The van der Waals surface area contributed by atoms with Crippen molar-refractivity contribution in [3.05, 3.63) is 76.1 Å². The Morgan fingerprint density at radius 1 is 1.26 bits per heavy atom. The molecule has 1 atom stereocenters. The van der Waals surface area contributed by atoms with Crippen LogP contribution in [-0.2, 0) is 0 Å². The number of hydrogen-bond acceptors (Lipinski definition) is 4. The number of pyridine rings is 2. The van der Waals surface area contributed by atoms with Gasteiger partial charge >= 0.3 is 0 Å². The Balaban J connectivity index is 1.69. The fourth-order valence-electron chi connectivity index (χ4n) is 3.53. The van der Waals surface area contributed by atoms with E-state index in [0.717, 1.165) is 0 Å². The fraction of sp³-hybridized carbons (Fsp3) is 0.250. The first-order chi connectivity index (χ1) is 13.0. The molecule has 27 heavy (non-hydrogen) atoms. The van der Waals surface area contributed by atoms with E-state index in [4.69, 9.17) is 0 Å². The van der Waals surface area contributed by atoms with Crippen LogP contribution in [0, 0.1) is 11.7 Å². The Morgan fingerprint density at radius 3 is 2.78 bits per heavy atom. The summed E-state index contributed by atoms with van der Waals surface area (Å²) in [5, 5.41) is 13.1. The summed E-state index contributed by atoms with van der Waals surface area (Å²) in [6, 6.07) is 10.2. The third-order valence-electron chi connectivity index (χ3n) is 4.96. The first kappa shape index (κ1) is 17.4. The monoisotopic (exact) mass is 367 g/mol. The first-order valence-corrected chi connectivity index (χ1v) is 8.73. The van der Waals surface area contributed by atoms with Gasteiger partial charge in [0.25, 0.3) is 5.91 Å². The molecule has 1 aliphatic carbocycles. The number of nitrogens with zero attached hydrogens (tertiary/aromatic N) is 1. The van der Waals surface area contributed by atoms with Crippen LogP contribution in [0.4, 0.5) is 4.39 Å². The molecule has 138 valence electrons. The van der Waals surface area contributed by atoms with E-state index in [1.54, 1.807) is 12.3 Å². The van der Waals surface area contributed by atoms with Crippen molar-refractivity contribution in [2.45, 2.75) is 25.0 Å². The van der Waals surface area contributed by atoms with Crippen LogP contribution in [0.1, 0.15) is 34.9 Å². The lowest BCUT2D eigenvalue weighted by molar-refractivity contribution is 0.0228. The molecule has 0 aliphatic heterocycles. The van der Waals surface area contributed by atoms with Gasteiger partial charge in [-0.25, -0.2) is 4.39 Å². The third kappa shape index (κ3) is 3.46. The van der Waals surface area contributed by atoms with Gasteiger partial charge < -0.3 is 15.4 Å². The molecule has 3 N–H and O–H groups in total. The van der Waals surface area contributed by atoms with E-state index >= 15 is 0 Å². The molecule has 0 spiro atoms. The molecular weight excluding hydrogens is 349 g/mol. The van der Waals surface area contributed by atoms with Crippen LogP contribution in [-0.4, -0.2) is 27.1 Å². The van der Waals surface area contributed by atoms with Crippen LogP contribution in [0.5, 0.6) is 0 Å². The number of nitrogens with one attached hydrogen (secondary N) is 2. The summed E-state index contributed by atoms with van der Waals surface area (Å²) >= 11 is 0. The van der Waals surface area contributed by atoms with Crippen molar-refractivity contribution in [3.63, 3.8) is 0 Å². The molecule has 1 fully saturated rings. The minimum Gasteiger partial charge on any atom is -0.393 e. The minimum absolute atomic E-state index is 0.0598. The van der Waals surface area contributed by atoms with Crippen molar-refractivity contribution in [2.75, 3.05) is 0 Å². The second-order valence-electron chi connectivity index (χ2n) is 6.83. The topological polar surface area (TPSA) is 95.1 Å². The van der Waals surface area contributed by atoms with Gasteiger partial charge in [0.2, 0.25) is 5.56 Å². The molecule has 0 radical (unpaired) electrons. The Kier molecular flexibility index (Phi) is 4.45. The summed E-state index contributed by atoms with van der Waals surface area (Å²) in [6.45, 7) is 0. The highest BCUT2D eigenvalue weighted by Crippen LogP contribution is 2.37. The van der Waals surface area contributed by atoms with Crippen molar-refractivity contribution in [3.8, 4) is 0 Å². The van der Waals surface area contributed by atoms with Crippen molar-refractivity contribution < 1.29 is 14.3 Å². The van der Waals surface area contributed by atoms with E-state index in [0.29, 0.717) is 23.9 Å². The highest BCUT2D eigenvalue weighted by molar-refractivity contribution is 6.06. The molecule has 1 aliphatic rings. The van der Waals surface area contributed by atoms with E-state index in [9.17, 15) is 19.1 Å². The molecule has 1 amide bonds. The molecule has 7 heteroatoms. The van der Waals surface area contributed by atoms with Gasteiger partial charge in [0.05, 0.1) is 28.9 Å². The Morgan fingerprint density at radius 2 is 2.07 bits per heavy atom. The lowest BCUT2D eigenvalue weighted by Gasteiger charge is -2.37. The largest absolute Gasteiger partial charge is 0.393 e. The fourth-order valence-corrected chi connectivity index (χ4v) is 3.53. The summed E-state index contributed by atoms with van der Waals surface area (Å²) in [5.41, 5.74) is 0.658. The van der Waals surface area contributed by atoms with Gasteiger partial charge in [0, 0.05) is 17.6 Å². The first-order valence-electron chi connectivity index (χ1n) is 8.73. The molecule has 2 heterocycles. The second-order valence-corrected chi connectivity index (χ2v) is 6.83. The van der Waals surface area contributed by atoms with Crippen molar-refractivity contribution in [2.24, 2.45) is 5.92 Å². The number of aromatic nitrogens is 2. The quantitative estimate of drug-likeness (QED) is 0.659. The minimum atomic E-state index is -0.495. The average Bonchev–Trinajstić information content (AvgIpc) is 2.63. The molecule has 0 bridgehead atoms. The number of carbonyl (C=O) groups is 1. The zero-order chi connectivity index (χ0) is 19.0. The highest BCUT2D eigenvalue weighted by Gasteiger charge is 2.36. The highest BCUT2D eigenvalue weighted by atomic mass is 19.1. The number of carbonyl (C=O) groups excluding carboxylic acids is 1. The Labute approximate surface area is 154 Å². The predicted molar refractivity (Wildman–Crippen MR) is 97.7 cm³/mol. The van der Waals surface area contributed by atoms with Crippen LogP contribution >= 0.6 is 0 Å². The summed E-state index contributed by atoms with van der Waals surface area (Å²) in [5.74, 6) is -0.871. The number of aliphatic hydroxyl groups excluding tert-OH is 1. The van der Waals surface area contributed by atoms with E-state index < -0.39 is 17.3 Å². The molecular formula is C20H18FN3O3. The van der Waals surface area contributed by atoms with Crippen molar-refractivity contribution in [1.82, 2.24) is 15.3 Å². The molecule has 1 aromatic carbocycles. The number of aromatic amines is 1. The number of H-pyrrole nitrogens is 1. The van der Waals surface area contributed by atoms with E-state index in [1.165, 1.54) is 24.3 Å². The molecule has 0 saturated heterocycles. The molecule has 3 aromatic rings. The summed E-state index contributed by atoms with van der Waals surface area (Å²) in [7, 11) is 0. The van der Waals surface area contributed by atoms with E-state index in [1.807, 2.05) is 12.1 Å². The average molecular weight is 367 g/mol. The van der Waals surface area contributed by atoms with Crippen LogP contribution in [0.2, 0.25) is 0 Å². The Bertz CT molecular complexity index is 1050. The second kappa shape index (κ2) is 6.92. The van der Waals surface area contributed by atoms with Crippen molar-refractivity contribution in [1.29, 1.82) is 0 Å². The molecule has 2 aromatic heterocycles. The summed E-state index contributed by atoms with van der Waals surface area (Å²) in [6.07, 6.45) is 2.42. The van der Waals surface area contributed by atoms with Crippen LogP contribution in [0.25, 0.3) is 10.9 Å². The standard InChI is InChI=1S/C20H18FN3O3/c21-12-4-5-14-15(10-18(26)23-17(14)9-12)20(27)24-19(11-7-13(25)8-11)16-3-1-2-6-22-16/h1-6,9-11,13,19,25H,7-8H2,(H,23,26)(H,24,27). The van der Waals surface area contributed by atoms with Gasteiger partial charge in [-0.3, -0.25) is 14.6 Å². The van der Waals surface area contributed by atoms with Gasteiger partial charge in [0.1, 0.15) is 5.82 Å². The summed E-state index contributed by atoms with van der Waals surface area (Å²) < 4.78 is 13.5. The molecule has 4 rings (SSSR count). The van der Waals surface area contributed by atoms with Gasteiger partial charge in [-0.15, -0.1) is 0 Å².